The second-order valence-electron chi connectivity index (χ2n) is 6.27. The van der Waals surface area contributed by atoms with E-state index in [1.54, 1.807) is 23.9 Å². The lowest BCUT2D eigenvalue weighted by atomic mass is 10.2. The normalized spacial score (nSPS) is 16.1. The highest BCUT2D eigenvalue weighted by atomic mass is 32.2. The monoisotopic (exact) mass is 388 g/mol. The van der Waals surface area contributed by atoms with E-state index in [-0.39, 0.29) is 23.6 Å². The summed E-state index contributed by atoms with van der Waals surface area (Å²) in [5.41, 5.74) is 0.983. The Labute approximate surface area is 161 Å². The minimum Gasteiger partial charge on any atom is -0.377 e. The van der Waals surface area contributed by atoms with Gasteiger partial charge in [-0.15, -0.1) is 11.8 Å². The van der Waals surface area contributed by atoms with Crippen molar-refractivity contribution in [3.8, 4) is 0 Å². The molecule has 0 aliphatic carbocycles. The van der Waals surface area contributed by atoms with Crippen molar-refractivity contribution in [3.05, 3.63) is 53.8 Å². The molecular weight excluding hydrogens is 367 g/mol. The van der Waals surface area contributed by atoms with Crippen LogP contribution in [0, 0.1) is 5.82 Å². The average molecular weight is 388 g/mol. The van der Waals surface area contributed by atoms with Gasteiger partial charge in [0, 0.05) is 29.9 Å². The maximum Gasteiger partial charge on any atom is 0.256 e. The molecule has 7 heteroatoms. The first-order valence-electron chi connectivity index (χ1n) is 8.75. The minimum atomic E-state index is -0.560. The van der Waals surface area contributed by atoms with Crippen molar-refractivity contribution in [2.24, 2.45) is 0 Å². The highest BCUT2D eigenvalue weighted by molar-refractivity contribution is 7.99. The minimum absolute atomic E-state index is 0.0290. The van der Waals surface area contributed by atoms with Crippen LogP contribution in [0.25, 0.3) is 0 Å². The second kappa shape index (κ2) is 9.01. The number of hydrogen-bond acceptors (Lipinski definition) is 4. The second-order valence-corrected chi connectivity index (χ2v) is 7.33. The molecule has 0 saturated carbocycles. The number of thioether (sulfide) groups is 1. The predicted octanol–water partition coefficient (Wildman–Crippen LogP) is 4.31. The van der Waals surface area contributed by atoms with Crippen LogP contribution < -0.4 is 10.6 Å². The molecule has 0 spiro atoms. The Kier molecular flexibility index (Phi) is 6.47. The van der Waals surface area contributed by atoms with Crippen molar-refractivity contribution >= 4 is 35.0 Å². The molecule has 142 valence electrons. The van der Waals surface area contributed by atoms with Crippen LogP contribution in [0.2, 0.25) is 0 Å². The third-order valence-electron chi connectivity index (χ3n) is 4.12. The molecule has 1 fully saturated rings. The summed E-state index contributed by atoms with van der Waals surface area (Å²) in [5, 5.41) is 5.17. The standard InChI is InChI=1S/C20H21FN2O3S/c1-13(24)22-18-11-14(8-9-17(18)21)23-20(25)16-6-2-3-7-19(16)27-12-15-5-4-10-26-15/h2-3,6-9,11,15H,4-5,10,12H2,1H3,(H,22,24)(H,23,25). The van der Waals surface area contributed by atoms with Crippen LogP contribution in [0.3, 0.4) is 0 Å². The number of carbonyl (C=O) groups is 2. The van der Waals surface area contributed by atoms with E-state index in [0.717, 1.165) is 30.1 Å². The summed E-state index contributed by atoms with van der Waals surface area (Å²) in [6.45, 7) is 2.10. The smallest absolute Gasteiger partial charge is 0.256 e. The molecular formula is C20H21FN2O3S. The van der Waals surface area contributed by atoms with Crippen LogP contribution >= 0.6 is 11.8 Å². The first-order valence-corrected chi connectivity index (χ1v) is 9.73. The van der Waals surface area contributed by atoms with Crippen molar-refractivity contribution in [2.75, 3.05) is 23.0 Å². The summed E-state index contributed by atoms with van der Waals surface area (Å²) in [4.78, 5) is 24.8. The third kappa shape index (κ3) is 5.30. The van der Waals surface area contributed by atoms with E-state index >= 15 is 0 Å². The number of benzene rings is 2. The molecule has 0 radical (unpaired) electrons. The molecule has 2 aromatic carbocycles. The van der Waals surface area contributed by atoms with E-state index in [4.69, 9.17) is 4.74 Å². The molecule has 1 aliphatic heterocycles. The third-order valence-corrected chi connectivity index (χ3v) is 5.32. The van der Waals surface area contributed by atoms with Gasteiger partial charge in [-0.2, -0.15) is 0 Å². The van der Waals surface area contributed by atoms with E-state index in [9.17, 15) is 14.0 Å². The van der Waals surface area contributed by atoms with Gasteiger partial charge < -0.3 is 15.4 Å². The lowest BCUT2D eigenvalue weighted by Crippen LogP contribution is -2.15. The zero-order valence-corrected chi connectivity index (χ0v) is 15.8. The van der Waals surface area contributed by atoms with Crippen molar-refractivity contribution in [3.63, 3.8) is 0 Å². The van der Waals surface area contributed by atoms with Gasteiger partial charge >= 0.3 is 0 Å². The fourth-order valence-corrected chi connectivity index (χ4v) is 3.94. The van der Waals surface area contributed by atoms with Crippen LogP contribution in [0.4, 0.5) is 15.8 Å². The quantitative estimate of drug-likeness (QED) is 0.724. The Bertz CT molecular complexity index is 838. The summed E-state index contributed by atoms with van der Waals surface area (Å²) in [6, 6.07) is 11.4. The molecule has 1 atom stereocenters. The maximum atomic E-state index is 13.8. The predicted molar refractivity (Wildman–Crippen MR) is 105 cm³/mol. The fourth-order valence-electron chi connectivity index (χ4n) is 2.83. The van der Waals surface area contributed by atoms with Gasteiger partial charge in [0.05, 0.1) is 17.4 Å². The molecule has 0 bridgehead atoms. The number of carbonyl (C=O) groups excluding carboxylic acids is 2. The molecule has 3 rings (SSSR count). The SMILES string of the molecule is CC(=O)Nc1cc(NC(=O)c2ccccc2SCC2CCCO2)ccc1F. The molecule has 1 heterocycles. The summed E-state index contributed by atoms with van der Waals surface area (Å²) in [7, 11) is 0. The maximum absolute atomic E-state index is 13.8. The molecule has 1 aliphatic rings. The molecule has 5 nitrogen and oxygen atoms in total. The lowest BCUT2D eigenvalue weighted by Gasteiger charge is -2.13. The van der Waals surface area contributed by atoms with Gasteiger partial charge in [0.15, 0.2) is 0 Å². The Morgan fingerprint density at radius 3 is 2.78 bits per heavy atom. The number of halogens is 1. The van der Waals surface area contributed by atoms with Crippen molar-refractivity contribution in [1.29, 1.82) is 0 Å². The number of hydrogen-bond donors (Lipinski definition) is 2. The zero-order chi connectivity index (χ0) is 19.2. The number of nitrogens with one attached hydrogen (secondary N) is 2. The largest absolute Gasteiger partial charge is 0.377 e. The van der Waals surface area contributed by atoms with Crippen LogP contribution in [0.1, 0.15) is 30.1 Å². The number of anilines is 2. The lowest BCUT2D eigenvalue weighted by molar-refractivity contribution is -0.114. The summed E-state index contributed by atoms with van der Waals surface area (Å²) in [6.07, 6.45) is 2.35. The first kappa shape index (κ1) is 19.4. The molecule has 27 heavy (non-hydrogen) atoms. The molecule has 2 N–H and O–H groups in total. The summed E-state index contributed by atoms with van der Waals surface area (Å²) < 4.78 is 19.4. The van der Waals surface area contributed by atoms with Gasteiger partial charge in [-0.3, -0.25) is 9.59 Å². The van der Waals surface area contributed by atoms with E-state index in [1.807, 2.05) is 12.1 Å². The molecule has 1 saturated heterocycles. The van der Waals surface area contributed by atoms with E-state index < -0.39 is 5.82 Å². The van der Waals surface area contributed by atoms with Crippen LogP contribution in [-0.2, 0) is 9.53 Å². The Balaban J connectivity index is 1.71. The van der Waals surface area contributed by atoms with Gasteiger partial charge in [-0.25, -0.2) is 4.39 Å². The summed E-state index contributed by atoms with van der Waals surface area (Å²) >= 11 is 1.59. The average Bonchev–Trinajstić information content (AvgIpc) is 3.16. The van der Waals surface area contributed by atoms with Crippen molar-refractivity contribution in [1.82, 2.24) is 0 Å². The molecule has 2 aromatic rings. The summed E-state index contributed by atoms with van der Waals surface area (Å²) in [5.74, 6) is -0.428. The first-order chi connectivity index (χ1) is 13.0. The van der Waals surface area contributed by atoms with Gasteiger partial charge in [-0.05, 0) is 43.2 Å². The Morgan fingerprint density at radius 1 is 1.22 bits per heavy atom. The van der Waals surface area contributed by atoms with Gasteiger partial charge in [0.1, 0.15) is 5.82 Å². The number of ether oxygens (including phenoxy) is 1. The van der Waals surface area contributed by atoms with E-state index in [2.05, 4.69) is 10.6 Å². The fraction of sp³-hybridized carbons (Fsp3) is 0.300. The van der Waals surface area contributed by atoms with Gasteiger partial charge in [0.2, 0.25) is 5.91 Å². The number of amides is 2. The highest BCUT2D eigenvalue weighted by Crippen LogP contribution is 2.28. The highest BCUT2D eigenvalue weighted by Gasteiger charge is 2.18. The van der Waals surface area contributed by atoms with Gasteiger partial charge in [0.25, 0.3) is 5.91 Å². The Hall–Kier alpha value is -2.38. The van der Waals surface area contributed by atoms with Crippen LogP contribution in [0.5, 0.6) is 0 Å². The van der Waals surface area contributed by atoms with E-state index in [0.29, 0.717) is 11.3 Å². The van der Waals surface area contributed by atoms with Crippen LogP contribution in [-0.4, -0.2) is 30.3 Å². The van der Waals surface area contributed by atoms with Gasteiger partial charge in [-0.1, -0.05) is 12.1 Å². The molecule has 2 amide bonds. The van der Waals surface area contributed by atoms with Crippen molar-refractivity contribution in [2.45, 2.75) is 30.8 Å². The molecule has 1 unspecified atom stereocenters. The van der Waals surface area contributed by atoms with Crippen molar-refractivity contribution < 1.29 is 18.7 Å². The zero-order valence-electron chi connectivity index (χ0n) is 15.0. The Morgan fingerprint density at radius 2 is 2.04 bits per heavy atom. The number of rotatable bonds is 6. The van der Waals surface area contributed by atoms with E-state index in [1.165, 1.54) is 25.1 Å². The van der Waals surface area contributed by atoms with Crippen LogP contribution in [0.15, 0.2) is 47.4 Å². The topological polar surface area (TPSA) is 67.4 Å². The molecule has 0 aromatic heterocycles.